The molecule has 0 heterocycles. The van der Waals surface area contributed by atoms with Crippen molar-refractivity contribution >= 4 is 12.6 Å². The highest BCUT2D eigenvalue weighted by Crippen LogP contribution is 2.01. The normalized spacial score (nSPS) is 13.1. The Morgan fingerprint density at radius 1 is 0.786 bits per heavy atom. The Labute approximate surface area is 84.7 Å². The average Bonchev–Trinajstić information content (AvgIpc) is 2.22. The number of aldehydes is 2. The lowest BCUT2D eigenvalue weighted by Crippen LogP contribution is -1.84. The first-order valence-corrected chi connectivity index (χ1v) is 4.30. The maximum atomic E-state index is 10.4. The average molecular weight is 190 g/mol. The molecule has 74 valence electrons. The quantitative estimate of drug-likeness (QED) is 0.379. The molecule has 0 aromatic rings. The predicted molar refractivity (Wildman–Crippen MR) is 56.7 cm³/mol. The fourth-order valence-corrected chi connectivity index (χ4v) is 0.561. The number of rotatable bonds is 2. The highest BCUT2D eigenvalue weighted by atomic mass is 16.1. The largest absolute Gasteiger partial charge is 0.298 e. The van der Waals surface area contributed by atoms with Crippen LogP contribution in [0.3, 0.4) is 0 Å². The summed E-state index contributed by atoms with van der Waals surface area (Å²) in [6.45, 7) is 6.98. The summed E-state index contributed by atoms with van der Waals surface area (Å²) in [6, 6.07) is 0. The van der Waals surface area contributed by atoms with Crippen molar-refractivity contribution in [2.75, 3.05) is 0 Å². The fourth-order valence-electron chi connectivity index (χ4n) is 0.561. The van der Waals surface area contributed by atoms with Crippen molar-refractivity contribution in [3.63, 3.8) is 0 Å². The predicted octanol–water partition coefficient (Wildman–Crippen LogP) is 2.06. The summed E-state index contributed by atoms with van der Waals surface area (Å²) in [7, 11) is 0. The molecule has 0 N–H and O–H groups in total. The Morgan fingerprint density at radius 2 is 1.07 bits per heavy atom. The van der Waals surface area contributed by atoms with E-state index in [1.54, 1.807) is 27.7 Å². The van der Waals surface area contributed by atoms with Crippen LogP contribution < -0.4 is 0 Å². The second-order valence-corrected chi connectivity index (χ2v) is 3.10. The van der Waals surface area contributed by atoms with Gasteiger partial charge in [-0.15, -0.1) is 0 Å². The summed E-state index contributed by atoms with van der Waals surface area (Å²) < 4.78 is 0. The van der Waals surface area contributed by atoms with Crippen LogP contribution in [0.5, 0.6) is 0 Å². The van der Waals surface area contributed by atoms with Gasteiger partial charge in [0.25, 0.3) is 0 Å². The van der Waals surface area contributed by atoms with E-state index in [1.807, 2.05) is 0 Å². The minimum absolute atomic E-state index is 0.619. The first-order chi connectivity index (χ1) is 6.52. The molecule has 0 aliphatic carbocycles. The topological polar surface area (TPSA) is 34.1 Å². The van der Waals surface area contributed by atoms with Gasteiger partial charge in [-0.1, -0.05) is 11.8 Å². The Kier molecular flexibility index (Phi) is 5.24. The van der Waals surface area contributed by atoms with Crippen LogP contribution in [-0.4, -0.2) is 12.6 Å². The van der Waals surface area contributed by atoms with Gasteiger partial charge in [-0.2, -0.15) is 0 Å². The van der Waals surface area contributed by atoms with E-state index in [9.17, 15) is 9.59 Å². The van der Waals surface area contributed by atoms with Gasteiger partial charge in [-0.05, 0) is 27.7 Å². The van der Waals surface area contributed by atoms with Crippen LogP contribution in [0.15, 0.2) is 22.3 Å². The highest BCUT2D eigenvalue weighted by Gasteiger charge is 1.92. The van der Waals surface area contributed by atoms with Crippen LogP contribution >= 0.6 is 0 Å². The molecule has 0 radical (unpaired) electrons. The number of allylic oxidation sites excluding steroid dienone is 4. The maximum absolute atomic E-state index is 10.4. The molecule has 0 aromatic carbocycles. The lowest BCUT2D eigenvalue weighted by molar-refractivity contribution is -0.105. The van der Waals surface area contributed by atoms with Crippen molar-refractivity contribution in [3.8, 4) is 11.8 Å². The number of carbonyl (C=O) groups excluding carboxylic acids is 2. The zero-order valence-electron chi connectivity index (χ0n) is 8.97. The van der Waals surface area contributed by atoms with E-state index in [0.29, 0.717) is 11.1 Å². The van der Waals surface area contributed by atoms with Crippen LogP contribution in [0.1, 0.15) is 27.7 Å². The zero-order valence-corrected chi connectivity index (χ0v) is 8.97. The summed E-state index contributed by atoms with van der Waals surface area (Å²) in [5, 5.41) is 0. The molecule has 0 saturated heterocycles. The molecule has 0 saturated carbocycles. The van der Waals surface area contributed by atoms with Gasteiger partial charge < -0.3 is 0 Å². The zero-order chi connectivity index (χ0) is 11.1. The van der Waals surface area contributed by atoms with E-state index in [-0.39, 0.29) is 0 Å². The summed E-state index contributed by atoms with van der Waals surface area (Å²) in [6.07, 6.45) is 1.55. The van der Waals surface area contributed by atoms with Gasteiger partial charge in [-0.3, -0.25) is 9.59 Å². The highest BCUT2D eigenvalue weighted by molar-refractivity contribution is 5.76. The van der Waals surface area contributed by atoms with E-state index >= 15 is 0 Å². The van der Waals surface area contributed by atoms with Gasteiger partial charge in [0.05, 0.1) is 0 Å². The van der Waals surface area contributed by atoms with Crippen LogP contribution in [0.2, 0.25) is 0 Å². The fraction of sp³-hybridized carbons (Fsp3) is 0.333. The Hall–Kier alpha value is -1.62. The van der Waals surface area contributed by atoms with Crippen LogP contribution in [0.25, 0.3) is 0 Å². The first kappa shape index (κ1) is 12.4. The molecule has 2 nitrogen and oxygen atoms in total. The van der Waals surface area contributed by atoms with Crippen molar-refractivity contribution in [2.45, 2.75) is 27.7 Å². The molecule has 2 heteroatoms. The van der Waals surface area contributed by atoms with Crippen LogP contribution in [0.4, 0.5) is 0 Å². The second kappa shape index (κ2) is 5.93. The molecule has 0 fully saturated rings. The standard InChI is InChI=1S/C12H14O2/c1-9(11(3)7-13)5-6-10(2)12(4)8-14/h7-8H,1-4H3/b11-9+,12-10+. The summed E-state index contributed by atoms with van der Waals surface area (Å²) in [4.78, 5) is 20.8. The Morgan fingerprint density at radius 3 is 1.29 bits per heavy atom. The van der Waals surface area contributed by atoms with E-state index in [4.69, 9.17) is 0 Å². The maximum Gasteiger partial charge on any atom is 0.146 e. The molecule has 0 aromatic heterocycles. The smallest absolute Gasteiger partial charge is 0.146 e. The number of carbonyl (C=O) groups is 2. The monoisotopic (exact) mass is 190 g/mol. The third-order valence-corrected chi connectivity index (χ3v) is 1.97. The van der Waals surface area contributed by atoms with Gasteiger partial charge in [0.1, 0.15) is 12.6 Å². The third-order valence-electron chi connectivity index (χ3n) is 1.97. The van der Waals surface area contributed by atoms with E-state index in [0.717, 1.165) is 23.7 Å². The molecule has 0 bridgehead atoms. The van der Waals surface area contributed by atoms with Gasteiger partial charge in [0.15, 0.2) is 0 Å². The van der Waals surface area contributed by atoms with E-state index < -0.39 is 0 Å². The molecule has 0 amide bonds. The van der Waals surface area contributed by atoms with Crippen molar-refractivity contribution in [1.29, 1.82) is 0 Å². The molecule has 0 spiro atoms. The Bertz CT molecular complexity index is 326. The lowest BCUT2D eigenvalue weighted by atomic mass is 10.1. The molecule has 14 heavy (non-hydrogen) atoms. The van der Waals surface area contributed by atoms with Gasteiger partial charge in [-0.25, -0.2) is 0 Å². The summed E-state index contributed by atoms with van der Waals surface area (Å²) >= 11 is 0. The van der Waals surface area contributed by atoms with Crippen molar-refractivity contribution in [1.82, 2.24) is 0 Å². The van der Waals surface area contributed by atoms with Crippen molar-refractivity contribution < 1.29 is 9.59 Å². The second-order valence-electron chi connectivity index (χ2n) is 3.10. The van der Waals surface area contributed by atoms with Crippen LogP contribution in [-0.2, 0) is 9.59 Å². The van der Waals surface area contributed by atoms with Gasteiger partial charge >= 0.3 is 0 Å². The van der Waals surface area contributed by atoms with E-state index in [2.05, 4.69) is 11.8 Å². The molecule has 0 unspecified atom stereocenters. The van der Waals surface area contributed by atoms with Crippen molar-refractivity contribution in [3.05, 3.63) is 22.3 Å². The minimum atomic E-state index is 0.619. The molecule has 0 aliphatic rings. The summed E-state index contributed by atoms with van der Waals surface area (Å²) in [5.41, 5.74) is 2.71. The van der Waals surface area contributed by atoms with Gasteiger partial charge in [0.2, 0.25) is 0 Å². The molecule has 0 atom stereocenters. The third kappa shape index (κ3) is 3.86. The molecule has 0 aliphatic heterocycles. The Balaban J connectivity index is 4.95. The summed E-state index contributed by atoms with van der Waals surface area (Å²) in [5.74, 6) is 5.66. The van der Waals surface area contributed by atoms with Crippen molar-refractivity contribution in [2.24, 2.45) is 0 Å². The number of hydrogen-bond acceptors (Lipinski definition) is 2. The lowest BCUT2D eigenvalue weighted by Gasteiger charge is -1.92. The SMILES string of the molecule is C/C(C#C/C(C)=C(\C)C=O)=C(/C)C=O. The number of hydrogen-bond donors (Lipinski definition) is 0. The first-order valence-electron chi connectivity index (χ1n) is 4.30. The minimum Gasteiger partial charge on any atom is -0.298 e. The van der Waals surface area contributed by atoms with Gasteiger partial charge in [0, 0.05) is 22.3 Å². The van der Waals surface area contributed by atoms with E-state index in [1.165, 1.54) is 0 Å². The molecular formula is C12H14O2. The molecular weight excluding hydrogens is 176 g/mol. The molecule has 0 rings (SSSR count). The van der Waals surface area contributed by atoms with Crippen LogP contribution in [0, 0.1) is 11.8 Å².